The summed E-state index contributed by atoms with van der Waals surface area (Å²) < 4.78 is 0. The van der Waals surface area contributed by atoms with E-state index >= 15 is 0 Å². The van der Waals surface area contributed by atoms with Gasteiger partial charge in [0, 0.05) is 5.56 Å². The topological polar surface area (TPSA) is 59.8 Å². The van der Waals surface area contributed by atoms with Crippen LogP contribution in [-0.2, 0) is 0 Å². The van der Waals surface area contributed by atoms with E-state index in [1.54, 1.807) is 6.07 Å². The number of hydrogen-bond donors (Lipinski definition) is 1. The van der Waals surface area contributed by atoms with E-state index in [4.69, 9.17) is 0 Å². The predicted octanol–water partition coefficient (Wildman–Crippen LogP) is 2.12. The molecule has 0 radical (unpaired) electrons. The fourth-order valence-corrected chi connectivity index (χ4v) is 1.90. The Kier molecular flexibility index (Phi) is 2.72. The van der Waals surface area contributed by atoms with Crippen LogP contribution in [0.25, 0.3) is 11.0 Å². The number of nitrogens with zero attached hydrogens (tertiary/aromatic N) is 3. The van der Waals surface area contributed by atoms with Gasteiger partial charge in [0.25, 0.3) is 5.91 Å². The van der Waals surface area contributed by atoms with Crippen LogP contribution in [0.3, 0.4) is 0 Å². The molecule has 3 rings (SSSR count). The van der Waals surface area contributed by atoms with Crippen LogP contribution in [0.2, 0.25) is 0 Å². The minimum Gasteiger partial charge on any atom is -0.267 e. The van der Waals surface area contributed by atoms with Gasteiger partial charge in [0.15, 0.2) is 0 Å². The molecule has 0 atom stereocenters. The van der Waals surface area contributed by atoms with Crippen molar-refractivity contribution in [1.82, 2.24) is 15.1 Å². The first kappa shape index (κ1) is 11.4. The summed E-state index contributed by atoms with van der Waals surface area (Å²) in [6.45, 7) is 1.95. The van der Waals surface area contributed by atoms with Crippen LogP contribution in [0.5, 0.6) is 0 Å². The van der Waals surface area contributed by atoms with Crippen molar-refractivity contribution in [2.75, 3.05) is 5.43 Å². The molecule has 2 aromatic carbocycles. The number of fused-ring (bicyclic) bond motifs is 1. The molecule has 3 aromatic rings. The van der Waals surface area contributed by atoms with Gasteiger partial charge < -0.3 is 0 Å². The maximum atomic E-state index is 12.1. The SMILES string of the molecule is Cc1cccc(C(=O)Nn2nnc3ccccc32)c1. The van der Waals surface area contributed by atoms with Gasteiger partial charge in [0.05, 0.1) is 0 Å². The number of carbonyl (C=O) groups excluding carboxylic acids is 1. The molecule has 1 heterocycles. The summed E-state index contributed by atoms with van der Waals surface area (Å²) in [5, 5.41) is 7.90. The average Bonchev–Trinajstić information content (AvgIpc) is 2.82. The summed E-state index contributed by atoms with van der Waals surface area (Å²) >= 11 is 0. The summed E-state index contributed by atoms with van der Waals surface area (Å²) in [6, 6.07) is 14.8. The fourth-order valence-electron chi connectivity index (χ4n) is 1.90. The molecular formula is C14H12N4O. The molecule has 1 aromatic heterocycles. The average molecular weight is 252 g/mol. The zero-order chi connectivity index (χ0) is 13.2. The Morgan fingerprint density at radius 3 is 2.84 bits per heavy atom. The summed E-state index contributed by atoms with van der Waals surface area (Å²) in [6.07, 6.45) is 0. The molecule has 0 aliphatic heterocycles. The Bertz CT molecular complexity index is 748. The van der Waals surface area contributed by atoms with Crippen molar-refractivity contribution < 1.29 is 4.79 Å². The van der Waals surface area contributed by atoms with E-state index in [0.29, 0.717) is 5.56 Å². The third-order valence-corrected chi connectivity index (χ3v) is 2.84. The van der Waals surface area contributed by atoms with Crippen molar-refractivity contribution >= 4 is 16.9 Å². The van der Waals surface area contributed by atoms with E-state index in [-0.39, 0.29) is 5.91 Å². The number of hydrogen-bond acceptors (Lipinski definition) is 3. The third-order valence-electron chi connectivity index (χ3n) is 2.84. The van der Waals surface area contributed by atoms with Gasteiger partial charge in [-0.25, -0.2) is 5.43 Å². The Morgan fingerprint density at radius 1 is 1.16 bits per heavy atom. The smallest absolute Gasteiger partial charge is 0.267 e. The van der Waals surface area contributed by atoms with Crippen molar-refractivity contribution in [1.29, 1.82) is 0 Å². The highest BCUT2D eigenvalue weighted by atomic mass is 16.2. The number of benzene rings is 2. The molecule has 1 N–H and O–H groups in total. The predicted molar refractivity (Wildman–Crippen MR) is 72.4 cm³/mol. The number of nitrogens with one attached hydrogen (secondary N) is 1. The van der Waals surface area contributed by atoms with E-state index in [1.165, 1.54) is 4.79 Å². The van der Waals surface area contributed by atoms with Crippen molar-refractivity contribution in [2.45, 2.75) is 6.92 Å². The molecule has 0 aliphatic carbocycles. The van der Waals surface area contributed by atoms with Crippen LogP contribution in [0.15, 0.2) is 48.5 Å². The fraction of sp³-hybridized carbons (Fsp3) is 0.0714. The van der Waals surface area contributed by atoms with E-state index in [2.05, 4.69) is 15.7 Å². The van der Waals surface area contributed by atoms with Crippen LogP contribution in [0.1, 0.15) is 15.9 Å². The van der Waals surface area contributed by atoms with E-state index in [1.807, 2.05) is 49.4 Å². The maximum absolute atomic E-state index is 12.1. The van der Waals surface area contributed by atoms with Gasteiger partial charge in [0.2, 0.25) is 0 Å². The molecule has 5 nitrogen and oxygen atoms in total. The summed E-state index contributed by atoms with van der Waals surface area (Å²) in [5.74, 6) is -0.209. The van der Waals surface area contributed by atoms with Crippen LogP contribution in [-0.4, -0.2) is 21.0 Å². The van der Waals surface area contributed by atoms with Gasteiger partial charge >= 0.3 is 0 Å². The van der Waals surface area contributed by atoms with E-state index in [0.717, 1.165) is 16.6 Å². The highest BCUT2D eigenvalue weighted by molar-refractivity contribution is 6.00. The molecule has 94 valence electrons. The number of aryl methyl sites for hydroxylation is 1. The molecule has 0 aliphatic rings. The second-order valence-electron chi connectivity index (χ2n) is 4.30. The van der Waals surface area contributed by atoms with Crippen LogP contribution >= 0.6 is 0 Å². The zero-order valence-corrected chi connectivity index (χ0v) is 10.4. The van der Waals surface area contributed by atoms with Gasteiger partial charge in [-0.2, -0.15) is 4.79 Å². The number of para-hydroxylation sites is 1. The first-order valence-electron chi connectivity index (χ1n) is 5.92. The molecule has 0 bridgehead atoms. The quantitative estimate of drug-likeness (QED) is 0.760. The van der Waals surface area contributed by atoms with Gasteiger partial charge in [-0.3, -0.25) is 4.79 Å². The molecule has 19 heavy (non-hydrogen) atoms. The molecule has 0 spiro atoms. The molecule has 1 amide bonds. The zero-order valence-electron chi connectivity index (χ0n) is 10.4. The monoisotopic (exact) mass is 252 g/mol. The van der Waals surface area contributed by atoms with Gasteiger partial charge in [-0.05, 0) is 36.4 Å². The van der Waals surface area contributed by atoms with E-state index < -0.39 is 0 Å². The normalized spacial score (nSPS) is 10.6. The second-order valence-corrected chi connectivity index (χ2v) is 4.30. The minimum atomic E-state index is -0.209. The lowest BCUT2D eigenvalue weighted by atomic mass is 10.1. The minimum absolute atomic E-state index is 0.209. The second kappa shape index (κ2) is 4.53. The maximum Gasteiger partial charge on any atom is 0.271 e. The van der Waals surface area contributed by atoms with Crippen LogP contribution in [0, 0.1) is 6.92 Å². The lowest BCUT2D eigenvalue weighted by Crippen LogP contribution is -2.24. The number of rotatable bonds is 2. The first-order chi connectivity index (χ1) is 9.24. The van der Waals surface area contributed by atoms with Gasteiger partial charge in [-0.15, -0.1) is 5.10 Å². The molecule has 0 saturated carbocycles. The van der Waals surface area contributed by atoms with Crippen molar-refractivity contribution in [3.05, 3.63) is 59.7 Å². The molecule has 0 saturated heterocycles. The number of carbonyl (C=O) groups is 1. The number of aromatic nitrogens is 3. The van der Waals surface area contributed by atoms with Gasteiger partial charge in [0.1, 0.15) is 11.0 Å². The summed E-state index contributed by atoms with van der Waals surface area (Å²) in [7, 11) is 0. The Morgan fingerprint density at radius 2 is 2.00 bits per heavy atom. The van der Waals surface area contributed by atoms with Crippen molar-refractivity contribution in [3.8, 4) is 0 Å². The summed E-state index contributed by atoms with van der Waals surface area (Å²) in [4.78, 5) is 13.5. The lowest BCUT2D eigenvalue weighted by molar-refractivity contribution is 0.101. The highest BCUT2D eigenvalue weighted by Gasteiger charge is 2.09. The number of amides is 1. The third kappa shape index (κ3) is 2.18. The molecule has 0 fully saturated rings. The van der Waals surface area contributed by atoms with Crippen LogP contribution in [0.4, 0.5) is 0 Å². The first-order valence-corrected chi connectivity index (χ1v) is 5.92. The van der Waals surface area contributed by atoms with Crippen LogP contribution < -0.4 is 5.43 Å². The molecule has 5 heteroatoms. The Hall–Kier alpha value is -2.69. The lowest BCUT2D eigenvalue weighted by Gasteiger charge is -2.05. The Labute approximate surface area is 109 Å². The standard InChI is InChI=1S/C14H12N4O/c1-10-5-4-6-11(9-10)14(19)16-18-13-8-3-2-7-12(13)15-17-18/h2-9H,1H3,(H,16,19). The highest BCUT2D eigenvalue weighted by Crippen LogP contribution is 2.09. The molecule has 0 unspecified atom stereocenters. The largest absolute Gasteiger partial charge is 0.271 e. The Balaban J connectivity index is 1.91. The van der Waals surface area contributed by atoms with Crippen molar-refractivity contribution in [3.63, 3.8) is 0 Å². The van der Waals surface area contributed by atoms with E-state index in [9.17, 15) is 4.79 Å². The van der Waals surface area contributed by atoms with Crippen molar-refractivity contribution in [2.24, 2.45) is 0 Å². The summed E-state index contributed by atoms with van der Waals surface area (Å²) in [5.41, 5.74) is 5.86. The molecular weight excluding hydrogens is 240 g/mol. The van der Waals surface area contributed by atoms with Gasteiger partial charge in [-0.1, -0.05) is 29.8 Å².